The van der Waals surface area contributed by atoms with Crippen LogP contribution in [0.2, 0.25) is 10.0 Å². The smallest absolute Gasteiger partial charge is 0.329 e. The number of hydrazone groups is 1. The lowest BCUT2D eigenvalue weighted by molar-refractivity contribution is -0.138. The minimum Gasteiger partial charge on any atom is -0.489 e. The van der Waals surface area contributed by atoms with Crippen LogP contribution in [0.5, 0.6) is 5.75 Å². The zero-order chi connectivity index (χ0) is 18.2. The standard InChI is InChI=1S/C17H15Cl2N3O3/c1-20-16(23)17(24)22-21-9-11-2-5-13(6-3-11)25-10-12-4-7-14(18)15(19)8-12/h2-9H,10H2,1H3,(H,20,23)(H,22,24)/b21-9-. The van der Waals surface area contributed by atoms with Gasteiger partial charge in [-0.1, -0.05) is 29.3 Å². The summed E-state index contributed by atoms with van der Waals surface area (Å²) in [6.07, 6.45) is 1.42. The van der Waals surface area contributed by atoms with Crippen molar-refractivity contribution in [2.45, 2.75) is 6.61 Å². The number of carbonyl (C=O) groups excluding carboxylic acids is 2. The molecule has 0 radical (unpaired) electrons. The molecule has 0 unspecified atom stereocenters. The number of nitrogens with zero attached hydrogens (tertiary/aromatic N) is 1. The van der Waals surface area contributed by atoms with Gasteiger partial charge in [0.1, 0.15) is 12.4 Å². The molecule has 0 heterocycles. The number of benzene rings is 2. The van der Waals surface area contributed by atoms with Gasteiger partial charge < -0.3 is 10.1 Å². The van der Waals surface area contributed by atoms with Crippen LogP contribution in [0.25, 0.3) is 0 Å². The molecule has 0 fully saturated rings. The molecule has 0 spiro atoms. The molecule has 0 aliphatic heterocycles. The molecule has 0 saturated carbocycles. The van der Waals surface area contributed by atoms with Crippen LogP contribution in [0.1, 0.15) is 11.1 Å². The highest BCUT2D eigenvalue weighted by Gasteiger charge is 2.08. The summed E-state index contributed by atoms with van der Waals surface area (Å²) in [4.78, 5) is 22.2. The Labute approximate surface area is 154 Å². The molecule has 0 aliphatic carbocycles. The molecule has 2 amide bonds. The summed E-state index contributed by atoms with van der Waals surface area (Å²) < 4.78 is 5.66. The van der Waals surface area contributed by atoms with Crippen molar-refractivity contribution in [3.8, 4) is 5.75 Å². The van der Waals surface area contributed by atoms with Crippen molar-refractivity contribution in [1.29, 1.82) is 0 Å². The van der Waals surface area contributed by atoms with E-state index in [0.29, 0.717) is 22.4 Å². The topological polar surface area (TPSA) is 79.8 Å². The summed E-state index contributed by atoms with van der Waals surface area (Å²) >= 11 is 11.8. The SMILES string of the molecule is CNC(=O)C(=O)N/N=C\c1ccc(OCc2ccc(Cl)c(Cl)c2)cc1. The van der Waals surface area contributed by atoms with E-state index in [0.717, 1.165) is 11.1 Å². The molecular formula is C17H15Cl2N3O3. The van der Waals surface area contributed by atoms with Crippen LogP contribution in [0, 0.1) is 0 Å². The summed E-state index contributed by atoms with van der Waals surface area (Å²) in [6.45, 7) is 0.354. The molecule has 8 heteroatoms. The lowest BCUT2D eigenvalue weighted by atomic mass is 10.2. The van der Waals surface area contributed by atoms with Crippen LogP contribution in [0.3, 0.4) is 0 Å². The Morgan fingerprint density at radius 3 is 2.44 bits per heavy atom. The van der Waals surface area contributed by atoms with Gasteiger partial charge in [-0.3, -0.25) is 9.59 Å². The normalized spacial score (nSPS) is 10.5. The van der Waals surface area contributed by atoms with Crippen molar-refractivity contribution in [1.82, 2.24) is 10.7 Å². The number of halogens is 2. The first-order valence-corrected chi connectivity index (χ1v) is 7.97. The van der Waals surface area contributed by atoms with Crippen molar-refractivity contribution < 1.29 is 14.3 Å². The first kappa shape index (κ1) is 18.8. The molecule has 0 aromatic heterocycles. The highest BCUT2D eigenvalue weighted by molar-refractivity contribution is 6.42. The lowest BCUT2D eigenvalue weighted by Gasteiger charge is -2.07. The van der Waals surface area contributed by atoms with Gasteiger partial charge in [-0.05, 0) is 47.5 Å². The summed E-state index contributed by atoms with van der Waals surface area (Å²) in [7, 11) is 1.36. The van der Waals surface area contributed by atoms with Crippen molar-refractivity contribution in [3.05, 3.63) is 63.6 Å². The lowest BCUT2D eigenvalue weighted by Crippen LogP contribution is -2.35. The quantitative estimate of drug-likeness (QED) is 0.476. The van der Waals surface area contributed by atoms with E-state index in [2.05, 4.69) is 15.8 Å². The summed E-state index contributed by atoms with van der Waals surface area (Å²) in [5.74, 6) is -0.929. The molecule has 2 aromatic rings. The Bertz CT molecular complexity index is 792. The molecule has 0 bridgehead atoms. The third-order valence-corrected chi connectivity index (χ3v) is 3.82. The maximum absolute atomic E-state index is 11.2. The Balaban J connectivity index is 1.88. The van der Waals surface area contributed by atoms with Crippen molar-refractivity contribution in [2.75, 3.05) is 7.05 Å². The first-order valence-electron chi connectivity index (χ1n) is 7.21. The van der Waals surface area contributed by atoms with Crippen LogP contribution < -0.4 is 15.5 Å². The first-order chi connectivity index (χ1) is 12.0. The van der Waals surface area contributed by atoms with Gasteiger partial charge in [0.15, 0.2) is 0 Å². The number of hydrogen-bond acceptors (Lipinski definition) is 4. The molecule has 0 atom stereocenters. The minimum atomic E-state index is -0.833. The van der Waals surface area contributed by atoms with E-state index >= 15 is 0 Å². The van der Waals surface area contributed by atoms with Crippen LogP contribution >= 0.6 is 23.2 Å². The number of amides is 2. The summed E-state index contributed by atoms with van der Waals surface area (Å²) in [5, 5.41) is 6.87. The van der Waals surface area contributed by atoms with Gasteiger partial charge in [-0.2, -0.15) is 5.10 Å². The van der Waals surface area contributed by atoms with E-state index in [9.17, 15) is 9.59 Å². The molecule has 0 saturated heterocycles. The number of carbonyl (C=O) groups is 2. The van der Waals surface area contributed by atoms with Crippen LogP contribution in [0.15, 0.2) is 47.6 Å². The number of hydrogen-bond donors (Lipinski definition) is 2. The maximum Gasteiger partial charge on any atom is 0.329 e. The van der Waals surface area contributed by atoms with Gasteiger partial charge >= 0.3 is 11.8 Å². The molecule has 2 rings (SSSR count). The number of ether oxygens (including phenoxy) is 1. The number of likely N-dealkylation sites (N-methyl/N-ethyl adjacent to an activating group) is 1. The number of nitrogens with one attached hydrogen (secondary N) is 2. The van der Waals surface area contributed by atoms with E-state index in [1.165, 1.54) is 13.3 Å². The predicted molar refractivity (Wildman–Crippen MR) is 97.0 cm³/mol. The van der Waals surface area contributed by atoms with Crippen molar-refractivity contribution in [2.24, 2.45) is 5.10 Å². The van der Waals surface area contributed by atoms with Gasteiger partial charge in [0, 0.05) is 7.05 Å². The van der Waals surface area contributed by atoms with Gasteiger partial charge in [0.05, 0.1) is 16.3 Å². The highest BCUT2D eigenvalue weighted by atomic mass is 35.5. The largest absolute Gasteiger partial charge is 0.489 e. The van der Waals surface area contributed by atoms with Crippen molar-refractivity contribution in [3.63, 3.8) is 0 Å². The Morgan fingerprint density at radius 2 is 1.80 bits per heavy atom. The van der Waals surface area contributed by atoms with E-state index < -0.39 is 11.8 Å². The van der Waals surface area contributed by atoms with Gasteiger partial charge in [-0.25, -0.2) is 5.43 Å². The zero-order valence-corrected chi connectivity index (χ0v) is 14.8. The average molecular weight is 380 g/mol. The molecule has 6 nitrogen and oxygen atoms in total. The monoisotopic (exact) mass is 379 g/mol. The second-order valence-corrected chi connectivity index (χ2v) is 5.70. The molecule has 2 aromatic carbocycles. The van der Waals surface area contributed by atoms with E-state index in [4.69, 9.17) is 27.9 Å². The third-order valence-electron chi connectivity index (χ3n) is 3.08. The van der Waals surface area contributed by atoms with Gasteiger partial charge in [0.2, 0.25) is 0 Å². The van der Waals surface area contributed by atoms with E-state index in [-0.39, 0.29) is 0 Å². The summed E-state index contributed by atoms with van der Waals surface area (Å²) in [5.41, 5.74) is 3.75. The molecule has 2 N–H and O–H groups in total. The third kappa shape index (κ3) is 5.77. The van der Waals surface area contributed by atoms with Crippen molar-refractivity contribution >= 4 is 41.2 Å². The molecule has 130 valence electrons. The minimum absolute atomic E-state index is 0.354. The predicted octanol–water partition coefficient (Wildman–Crippen LogP) is 2.77. The van der Waals surface area contributed by atoms with Gasteiger partial charge in [-0.15, -0.1) is 0 Å². The fraction of sp³-hybridized carbons (Fsp3) is 0.118. The van der Waals surface area contributed by atoms with Gasteiger partial charge in [0.25, 0.3) is 0 Å². The molecular weight excluding hydrogens is 365 g/mol. The Morgan fingerprint density at radius 1 is 1.08 bits per heavy atom. The van der Waals surface area contributed by atoms with Crippen LogP contribution in [-0.2, 0) is 16.2 Å². The van der Waals surface area contributed by atoms with Crippen LogP contribution in [0.4, 0.5) is 0 Å². The summed E-state index contributed by atoms with van der Waals surface area (Å²) in [6, 6.07) is 12.4. The van der Waals surface area contributed by atoms with Crippen LogP contribution in [-0.4, -0.2) is 25.1 Å². The second-order valence-electron chi connectivity index (χ2n) is 4.88. The average Bonchev–Trinajstić information content (AvgIpc) is 2.63. The van der Waals surface area contributed by atoms with E-state index in [1.54, 1.807) is 36.4 Å². The molecule has 0 aliphatic rings. The Kier molecular flexibility index (Phi) is 6.80. The fourth-order valence-electron chi connectivity index (χ4n) is 1.78. The zero-order valence-electron chi connectivity index (χ0n) is 13.3. The number of rotatable bonds is 5. The fourth-order valence-corrected chi connectivity index (χ4v) is 2.10. The highest BCUT2D eigenvalue weighted by Crippen LogP contribution is 2.23. The molecule has 25 heavy (non-hydrogen) atoms. The second kappa shape index (κ2) is 9.05. The van der Waals surface area contributed by atoms with E-state index in [1.807, 2.05) is 6.07 Å². The Hall–Kier alpha value is -2.57. The maximum atomic E-state index is 11.2.